The first-order valence-corrected chi connectivity index (χ1v) is 9.94. The monoisotopic (exact) mass is 354 g/mol. The Labute approximate surface area is 156 Å². The number of hydrogen-bond acceptors (Lipinski definition) is 2. The number of likely N-dealkylation sites (tertiary alicyclic amines) is 1. The fourth-order valence-corrected chi connectivity index (χ4v) is 4.12. The lowest BCUT2D eigenvalue weighted by Crippen LogP contribution is -2.46. The second-order valence-corrected chi connectivity index (χ2v) is 7.58. The van der Waals surface area contributed by atoms with Crippen LogP contribution in [0.4, 0.5) is 0 Å². The first kappa shape index (κ1) is 18.7. The molecule has 1 aliphatic carbocycles. The molecule has 0 spiro atoms. The summed E-state index contributed by atoms with van der Waals surface area (Å²) in [4.78, 5) is 29.0. The molecule has 0 atom stereocenters. The van der Waals surface area contributed by atoms with Gasteiger partial charge in [0, 0.05) is 38.2 Å². The second kappa shape index (κ2) is 9.02. The van der Waals surface area contributed by atoms with Gasteiger partial charge in [0.2, 0.25) is 11.8 Å². The van der Waals surface area contributed by atoms with Gasteiger partial charge in [-0.15, -0.1) is 0 Å². The van der Waals surface area contributed by atoms with Crippen molar-refractivity contribution in [3.63, 3.8) is 0 Å². The van der Waals surface area contributed by atoms with Crippen LogP contribution in [0.2, 0.25) is 0 Å². The maximum absolute atomic E-state index is 12.8. The van der Waals surface area contributed by atoms with Crippen LogP contribution < -0.4 is 0 Å². The van der Waals surface area contributed by atoms with Crippen molar-refractivity contribution in [3.05, 3.63) is 42.0 Å². The van der Waals surface area contributed by atoms with E-state index in [1.807, 2.05) is 53.3 Å². The maximum Gasteiger partial charge on any atom is 0.246 e. The number of benzene rings is 1. The van der Waals surface area contributed by atoms with Crippen LogP contribution in [0.25, 0.3) is 6.08 Å². The van der Waals surface area contributed by atoms with Gasteiger partial charge >= 0.3 is 0 Å². The Balaban J connectivity index is 1.48. The summed E-state index contributed by atoms with van der Waals surface area (Å²) in [6, 6.07) is 10.3. The fraction of sp³-hybridized carbons (Fsp3) is 0.545. The molecule has 4 nitrogen and oxygen atoms in total. The van der Waals surface area contributed by atoms with Crippen molar-refractivity contribution in [1.82, 2.24) is 9.80 Å². The van der Waals surface area contributed by atoms with Gasteiger partial charge in [0.15, 0.2) is 0 Å². The van der Waals surface area contributed by atoms with E-state index in [1.165, 1.54) is 19.3 Å². The average Bonchev–Trinajstić information content (AvgIpc) is 2.72. The molecule has 0 unspecified atom stereocenters. The summed E-state index contributed by atoms with van der Waals surface area (Å²) in [6.45, 7) is 1.35. The van der Waals surface area contributed by atoms with Gasteiger partial charge in [0.1, 0.15) is 0 Å². The van der Waals surface area contributed by atoms with Gasteiger partial charge in [-0.05, 0) is 37.3 Å². The van der Waals surface area contributed by atoms with Gasteiger partial charge in [-0.25, -0.2) is 0 Å². The lowest BCUT2D eigenvalue weighted by molar-refractivity contribution is -0.140. The summed E-state index contributed by atoms with van der Waals surface area (Å²) in [5.74, 6) is 0.397. The van der Waals surface area contributed by atoms with Crippen LogP contribution in [-0.2, 0) is 9.59 Å². The maximum atomic E-state index is 12.8. The Morgan fingerprint density at radius 2 is 1.65 bits per heavy atom. The molecule has 4 heteroatoms. The molecule has 2 fully saturated rings. The van der Waals surface area contributed by atoms with Crippen LogP contribution in [-0.4, -0.2) is 47.8 Å². The third kappa shape index (κ3) is 4.75. The molecule has 1 heterocycles. The lowest BCUT2D eigenvalue weighted by Gasteiger charge is -2.36. The summed E-state index contributed by atoms with van der Waals surface area (Å²) >= 11 is 0. The normalized spacial score (nSPS) is 19.7. The molecule has 0 radical (unpaired) electrons. The van der Waals surface area contributed by atoms with E-state index in [-0.39, 0.29) is 17.7 Å². The zero-order valence-corrected chi connectivity index (χ0v) is 15.8. The topological polar surface area (TPSA) is 40.6 Å². The summed E-state index contributed by atoms with van der Waals surface area (Å²) in [5, 5.41) is 0. The van der Waals surface area contributed by atoms with E-state index < -0.39 is 0 Å². The largest absolute Gasteiger partial charge is 0.343 e. The molecular formula is C22H30N2O2. The first-order chi connectivity index (χ1) is 12.6. The molecule has 0 N–H and O–H groups in total. The molecule has 0 bridgehead atoms. The molecule has 1 saturated heterocycles. The highest BCUT2D eigenvalue weighted by Gasteiger charge is 2.31. The quantitative estimate of drug-likeness (QED) is 0.773. The number of carbonyl (C=O) groups excluding carboxylic acids is 2. The third-order valence-electron chi connectivity index (χ3n) is 5.84. The number of carbonyl (C=O) groups is 2. The highest BCUT2D eigenvalue weighted by molar-refractivity contribution is 5.92. The van der Waals surface area contributed by atoms with Crippen LogP contribution in [0, 0.1) is 5.92 Å². The van der Waals surface area contributed by atoms with Gasteiger partial charge in [-0.1, -0.05) is 49.6 Å². The van der Waals surface area contributed by atoms with Gasteiger partial charge in [-0.2, -0.15) is 0 Å². The SMILES string of the molecule is CN(C(=O)C1CCN(C(=O)/C=C\c2ccccc2)CC1)C1CCCCC1. The third-order valence-corrected chi connectivity index (χ3v) is 5.84. The van der Waals surface area contributed by atoms with Crippen molar-refractivity contribution in [2.75, 3.05) is 20.1 Å². The Bertz CT molecular complexity index is 627. The van der Waals surface area contributed by atoms with Crippen molar-refractivity contribution in [2.45, 2.75) is 51.0 Å². The molecule has 1 saturated carbocycles. The molecule has 1 aliphatic heterocycles. The van der Waals surface area contributed by atoms with Gasteiger partial charge < -0.3 is 9.80 Å². The zero-order chi connectivity index (χ0) is 18.4. The van der Waals surface area contributed by atoms with Crippen LogP contribution in [0.15, 0.2) is 36.4 Å². The van der Waals surface area contributed by atoms with Crippen LogP contribution in [0.3, 0.4) is 0 Å². The van der Waals surface area contributed by atoms with E-state index in [1.54, 1.807) is 6.08 Å². The zero-order valence-electron chi connectivity index (χ0n) is 15.8. The minimum Gasteiger partial charge on any atom is -0.343 e. The van der Waals surface area contributed by atoms with Crippen LogP contribution in [0.1, 0.15) is 50.5 Å². The highest BCUT2D eigenvalue weighted by Crippen LogP contribution is 2.26. The predicted octanol–water partition coefficient (Wildman–Crippen LogP) is 3.73. The van der Waals surface area contributed by atoms with Gasteiger partial charge in [0.05, 0.1) is 0 Å². The van der Waals surface area contributed by atoms with Crippen LogP contribution in [0.5, 0.6) is 0 Å². The highest BCUT2D eigenvalue weighted by atomic mass is 16.2. The molecule has 26 heavy (non-hydrogen) atoms. The Kier molecular flexibility index (Phi) is 6.48. The second-order valence-electron chi connectivity index (χ2n) is 7.58. The van der Waals surface area contributed by atoms with E-state index in [9.17, 15) is 9.59 Å². The van der Waals surface area contributed by atoms with Crippen molar-refractivity contribution in [2.24, 2.45) is 5.92 Å². The van der Waals surface area contributed by atoms with E-state index in [0.717, 1.165) is 31.2 Å². The molecule has 2 amide bonds. The van der Waals surface area contributed by atoms with Crippen molar-refractivity contribution in [3.8, 4) is 0 Å². The molecule has 1 aromatic rings. The Hall–Kier alpha value is -2.10. The van der Waals surface area contributed by atoms with Gasteiger partial charge in [0.25, 0.3) is 0 Å². The van der Waals surface area contributed by atoms with E-state index in [0.29, 0.717) is 19.1 Å². The number of piperidine rings is 1. The standard InChI is InChI=1S/C22H30N2O2/c1-23(20-10-6-3-7-11-20)22(26)19-14-16-24(17-15-19)21(25)13-12-18-8-4-2-5-9-18/h2,4-5,8-9,12-13,19-20H,3,6-7,10-11,14-17H2,1H3/b13-12-. The predicted molar refractivity (Wildman–Crippen MR) is 104 cm³/mol. The molecular weight excluding hydrogens is 324 g/mol. The number of nitrogens with zero attached hydrogens (tertiary/aromatic N) is 2. The van der Waals surface area contributed by atoms with E-state index in [4.69, 9.17) is 0 Å². The average molecular weight is 354 g/mol. The minimum absolute atomic E-state index is 0.0420. The van der Waals surface area contributed by atoms with Crippen molar-refractivity contribution >= 4 is 17.9 Å². The first-order valence-electron chi connectivity index (χ1n) is 9.94. The smallest absolute Gasteiger partial charge is 0.246 e. The van der Waals surface area contributed by atoms with Gasteiger partial charge in [-0.3, -0.25) is 9.59 Å². The molecule has 0 aromatic heterocycles. The fourth-order valence-electron chi connectivity index (χ4n) is 4.12. The van der Waals surface area contributed by atoms with Crippen molar-refractivity contribution in [1.29, 1.82) is 0 Å². The summed E-state index contributed by atoms with van der Waals surface area (Å²) in [7, 11) is 1.97. The Morgan fingerprint density at radius 3 is 2.31 bits per heavy atom. The summed E-state index contributed by atoms with van der Waals surface area (Å²) in [6.07, 6.45) is 11.1. The number of amides is 2. The molecule has 3 rings (SSSR count). The molecule has 1 aromatic carbocycles. The number of hydrogen-bond donors (Lipinski definition) is 0. The molecule has 2 aliphatic rings. The van der Waals surface area contributed by atoms with Crippen LogP contribution >= 0.6 is 0 Å². The summed E-state index contributed by atoms with van der Waals surface area (Å²) in [5.41, 5.74) is 1.03. The van der Waals surface area contributed by atoms with E-state index in [2.05, 4.69) is 0 Å². The van der Waals surface area contributed by atoms with Crippen molar-refractivity contribution < 1.29 is 9.59 Å². The Morgan fingerprint density at radius 1 is 1.00 bits per heavy atom. The van der Waals surface area contributed by atoms with E-state index >= 15 is 0 Å². The minimum atomic E-state index is 0.0420. The number of rotatable bonds is 4. The summed E-state index contributed by atoms with van der Waals surface area (Å²) < 4.78 is 0. The molecule has 140 valence electrons. The lowest BCUT2D eigenvalue weighted by atomic mass is 9.91.